The summed E-state index contributed by atoms with van der Waals surface area (Å²) < 4.78 is 40.6. The molecule has 126 valence electrons. The largest absolute Gasteiger partial charge is 0.326 e. The Labute approximate surface area is 140 Å². The molecule has 1 amide bonds. The van der Waals surface area contributed by atoms with Crippen molar-refractivity contribution in [1.82, 2.24) is 0 Å². The lowest BCUT2D eigenvalue weighted by Gasteiger charge is -2.23. The zero-order valence-corrected chi connectivity index (χ0v) is 13.9. The summed E-state index contributed by atoms with van der Waals surface area (Å²) in [6.07, 6.45) is 1.38. The predicted molar refractivity (Wildman–Crippen MR) is 91.9 cm³/mol. The Hall–Kier alpha value is -2.67. The summed E-state index contributed by atoms with van der Waals surface area (Å²) in [5.74, 6) is -0.900. The van der Waals surface area contributed by atoms with E-state index in [0.29, 0.717) is 5.69 Å². The van der Waals surface area contributed by atoms with Crippen molar-refractivity contribution in [2.45, 2.75) is 11.8 Å². The van der Waals surface area contributed by atoms with Crippen molar-refractivity contribution >= 4 is 27.3 Å². The van der Waals surface area contributed by atoms with E-state index in [1.54, 1.807) is 6.07 Å². The first-order valence-electron chi connectivity index (χ1n) is 7.12. The van der Waals surface area contributed by atoms with E-state index >= 15 is 0 Å². The average Bonchev–Trinajstić information content (AvgIpc) is 2.53. The molecule has 24 heavy (non-hydrogen) atoms. The number of carbonyl (C=O) groups excluding carboxylic acids is 1. The molecule has 0 aliphatic heterocycles. The van der Waals surface area contributed by atoms with Crippen LogP contribution in [0.4, 0.5) is 15.8 Å². The first kappa shape index (κ1) is 17.7. The second-order valence-electron chi connectivity index (χ2n) is 4.98. The lowest BCUT2D eigenvalue weighted by molar-refractivity contribution is -0.114. The predicted octanol–water partition coefficient (Wildman–Crippen LogP) is 3.17. The molecule has 1 N–H and O–H groups in total. The summed E-state index contributed by atoms with van der Waals surface area (Å²) in [7, 11) is -3.97. The van der Waals surface area contributed by atoms with Gasteiger partial charge in [-0.1, -0.05) is 18.2 Å². The van der Waals surface area contributed by atoms with E-state index in [1.807, 2.05) is 0 Å². The number of hydrogen-bond acceptors (Lipinski definition) is 3. The van der Waals surface area contributed by atoms with Crippen molar-refractivity contribution < 1.29 is 17.6 Å². The molecule has 0 unspecified atom stereocenters. The third kappa shape index (κ3) is 3.80. The van der Waals surface area contributed by atoms with Gasteiger partial charge in [0.1, 0.15) is 5.82 Å². The van der Waals surface area contributed by atoms with Crippen molar-refractivity contribution in [1.29, 1.82) is 0 Å². The number of benzene rings is 2. The number of rotatable bonds is 6. The van der Waals surface area contributed by atoms with Gasteiger partial charge in [0.25, 0.3) is 10.0 Å². The number of anilines is 2. The second kappa shape index (κ2) is 7.27. The summed E-state index contributed by atoms with van der Waals surface area (Å²) in [5.41, 5.74) is 0.422. The molecular weight excluding hydrogens is 331 g/mol. The van der Waals surface area contributed by atoms with Crippen LogP contribution >= 0.6 is 0 Å². The van der Waals surface area contributed by atoms with Crippen molar-refractivity contribution in [3.63, 3.8) is 0 Å². The van der Waals surface area contributed by atoms with E-state index in [-0.39, 0.29) is 23.0 Å². The maximum absolute atomic E-state index is 14.0. The molecule has 0 spiro atoms. The van der Waals surface area contributed by atoms with E-state index in [9.17, 15) is 17.6 Å². The molecule has 0 heterocycles. The van der Waals surface area contributed by atoms with Crippen LogP contribution < -0.4 is 9.62 Å². The number of nitrogens with zero attached hydrogens (tertiary/aromatic N) is 1. The first-order valence-corrected chi connectivity index (χ1v) is 8.56. The Kier molecular flexibility index (Phi) is 5.35. The number of hydrogen-bond donors (Lipinski definition) is 1. The Morgan fingerprint density at radius 3 is 2.38 bits per heavy atom. The fourth-order valence-electron chi connectivity index (χ4n) is 2.14. The van der Waals surface area contributed by atoms with E-state index in [1.165, 1.54) is 55.5 Å². The van der Waals surface area contributed by atoms with Crippen LogP contribution in [0, 0.1) is 5.82 Å². The Bertz CT molecular complexity index is 848. The second-order valence-corrected chi connectivity index (χ2v) is 6.84. The number of nitrogens with one attached hydrogen (secondary N) is 1. The minimum Gasteiger partial charge on any atom is -0.326 e. The summed E-state index contributed by atoms with van der Waals surface area (Å²) in [4.78, 5) is 11.0. The van der Waals surface area contributed by atoms with Gasteiger partial charge in [-0.15, -0.1) is 6.58 Å². The molecule has 2 aromatic carbocycles. The Morgan fingerprint density at radius 2 is 1.83 bits per heavy atom. The van der Waals surface area contributed by atoms with Gasteiger partial charge in [-0.3, -0.25) is 9.10 Å². The average molecular weight is 348 g/mol. The molecule has 0 atom stereocenters. The monoisotopic (exact) mass is 348 g/mol. The molecule has 0 aliphatic carbocycles. The maximum atomic E-state index is 14.0. The third-order valence-corrected chi connectivity index (χ3v) is 4.97. The van der Waals surface area contributed by atoms with Crippen LogP contribution in [0.25, 0.3) is 0 Å². The molecular formula is C17H17FN2O3S. The minimum atomic E-state index is -3.97. The smallest absolute Gasteiger partial charge is 0.264 e. The van der Waals surface area contributed by atoms with Crippen molar-refractivity contribution in [2.75, 3.05) is 16.2 Å². The van der Waals surface area contributed by atoms with Crippen molar-refractivity contribution in [2.24, 2.45) is 0 Å². The molecule has 0 bridgehead atoms. The zero-order chi connectivity index (χ0) is 17.7. The molecule has 2 rings (SSSR count). The minimum absolute atomic E-state index is 0.0123. The number of sulfonamides is 1. The Balaban J connectivity index is 2.43. The lowest BCUT2D eigenvalue weighted by Crippen LogP contribution is -2.31. The van der Waals surface area contributed by atoms with Gasteiger partial charge in [-0.25, -0.2) is 12.8 Å². The topological polar surface area (TPSA) is 66.5 Å². The van der Waals surface area contributed by atoms with Crippen molar-refractivity contribution in [3.8, 4) is 0 Å². The van der Waals surface area contributed by atoms with Crippen LogP contribution in [0.5, 0.6) is 0 Å². The summed E-state index contributed by atoms with van der Waals surface area (Å²) >= 11 is 0. The standard InChI is InChI=1S/C17H17FN2O3S/c1-3-12-20(17-7-5-4-6-16(17)18)24(22,23)15-10-8-14(9-11-15)19-13(2)21/h3-11H,1,12H2,2H3,(H,19,21). The first-order chi connectivity index (χ1) is 11.4. The van der Waals surface area contributed by atoms with Gasteiger partial charge in [-0.05, 0) is 36.4 Å². The highest BCUT2D eigenvalue weighted by molar-refractivity contribution is 7.92. The third-order valence-electron chi connectivity index (χ3n) is 3.18. The van der Waals surface area contributed by atoms with E-state index in [2.05, 4.69) is 11.9 Å². The van der Waals surface area contributed by atoms with Crippen LogP contribution in [0.2, 0.25) is 0 Å². The Morgan fingerprint density at radius 1 is 1.21 bits per heavy atom. The van der Waals surface area contributed by atoms with Crippen LogP contribution in [0.1, 0.15) is 6.92 Å². The zero-order valence-electron chi connectivity index (χ0n) is 13.1. The summed E-state index contributed by atoms with van der Waals surface area (Å²) in [6.45, 7) is 4.82. The van der Waals surface area contributed by atoms with E-state index in [4.69, 9.17) is 0 Å². The fraction of sp³-hybridized carbons (Fsp3) is 0.118. The van der Waals surface area contributed by atoms with E-state index < -0.39 is 15.8 Å². The number of para-hydroxylation sites is 1. The van der Waals surface area contributed by atoms with Crippen LogP contribution in [0.15, 0.2) is 66.1 Å². The highest BCUT2D eigenvalue weighted by Crippen LogP contribution is 2.26. The van der Waals surface area contributed by atoms with Gasteiger partial charge in [0.15, 0.2) is 0 Å². The van der Waals surface area contributed by atoms with Gasteiger partial charge < -0.3 is 5.32 Å². The van der Waals surface area contributed by atoms with Gasteiger partial charge in [-0.2, -0.15) is 0 Å². The van der Waals surface area contributed by atoms with Crippen molar-refractivity contribution in [3.05, 3.63) is 67.0 Å². The fourth-order valence-corrected chi connectivity index (χ4v) is 3.58. The molecule has 2 aromatic rings. The summed E-state index contributed by atoms with van der Waals surface area (Å²) in [6, 6.07) is 11.3. The normalized spacial score (nSPS) is 10.9. The number of carbonyl (C=O) groups is 1. The molecule has 7 heteroatoms. The molecule has 0 aromatic heterocycles. The molecule has 0 saturated heterocycles. The number of halogens is 1. The number of amides is 1. The summed E-state index contributed by atoms with van der Waals surface area (Å²) in [5, 5.41) is 2.56. The lowest BCUT2D eigenvalue weighted by atomic mass is 10.3. The van der Waals surface area contributed by atoms with Gasteiger partial charge in [0.2, 0.25) is 5.91 Å². The highest BCUT2D eigenvalue weighted by atomic mass is 32.2. The van der Waals surface area contributed by atoms with E-state index in [0.717, 1.165) is 4.31 Å². The molecule has 0 fully saturated rings. The van der Waals surface area contributed by atoms with Gasteiger partial charge in [0, 0.05) is 12.6 Å². The van der Waals surface area contributed by atoms with Gasteiger partial charge in [0.05, 0.1) is 17.1 Å². The molecule has 0 aliphatic rings. The molecule has 0 radical (unpaired) electrons. The highest BCUT2D eigenvalue weighted by Gasteiger charge is 2.26. The van der Waals surface area contributed by atoms with Crippen LogP contribution in [0.3, 0.4) is 0 Å². The SMILES string of the molecule is C=CCN(c1ccccc1F)S(=O)(=O)c1ccc(NC(C)=O)cc1. The quantitative estimate of drug-likeness (QED) is 0.816. The molecule has 0 saturated carbocycles. The molecule has 5 nitrogen and oxygen atoms in total. The van der Waals surface area contributed by atoms with Gasteiger partial charge >= 0.3 is 0 Å². The van der Waals surface area contributed by atoms with Crippen LogP contribution in [-0.4, -0.2) is 20.9 Å². The maximum Gasteiger partial charge on any atom is 0.264 e. The van der Waals surface area contributed by atoms with Crippen LogP contribution in [-0.2, 0) is 14.8 Å².